The summed E-state index contributed by atoms with van der Waals surface area (Å²) in [5, 5.41) is 7.05. The quantitative estimate of drug-likeness (QED) is 0.675. The van der Waals surface area contributed by atoms with E-state index in [1.165, 1.54) is 12.8 Å². The van der Waals surface area contributed by atoms with Crippen molar-refractivity contribution in [3.05, 3.63) is 0 Å². The molecule has 0 amide bonds. The summed E-state index contributed by atoms with van der Waals surface area (Å²) in [5.74, 6) is -1.48. The molecule has 2 aliphatic carbocycles. The number of rotatable bonds is 6. The van der Waals surface area contributed by atoms with E-state index in [4.69, 9.17) is 14.6 Å². The number of sulfonamides is 1. The van der Waals surface area contributed by atoms with Crippen LogP contribution in [0.3, 0.4) is 0 Å². The van der Waals surface area contributed by atoms with Gasteiger partial charge in [0.05, 0.1) is 11.9 Å². The van der Waals surface area contributed by atoms with Crippen molar-refractivity contribution in [3.63, 3.8) is 0 Å². The van der Waals surface area contributed by atoms with Crippen LogP contribution >= 0.6 is 0 Å². The number of likely N-dealkylation sites (tertiary alicyclic amines) is 1. The lowest BCUT2D eigenvalue weighted by molar-refractivity contribution is -0.192. The Kier molecular flexibility index (Phi) is 6.53. The highest BCUT2D eigenvalue weighted by atomic mass is 32.2. The van der Waals surface area contributed by atoms with E-state index in [1.807, 2.05) is 0 Å². The van der Waals surface area contributed by atoms with Crippen LogP contribution in [0.5, 0.6) is 0 Å². The number of halogens is 3. The van der Waals surface area contributed by atoms with Crippen molar-refractivity contribution in [2.24, 2.45) is 17.3 Å². The highest BCUT2D eigenvalue weighted by Gasteiger charge is 2.53. The molecule has 0 radical (unpaired) electrons. The highest BCUT2D eigenvalue weighted by molar-refractivity contribution is 7.90. The van der Waals surface area contributed by atoms with Gasteiger partial charge in [0.2, 0.25) is 10.0 Å². The minimum Gasteiger partial charge on any atom is -0.475 e. The predicted molar refractivity (Wildman–Crippen MR) is 98.8 cm³/mol. The normalized spacial score (nSPS) is 31.1. The summed E-state index contributed by atoms with van der Waals surface area (Å²) in [6, 6.07) is 0. The maximum atomic E-state index is 12.5. The lowest BCUT2D eigenvalue weighted by Crippen LogP contribution is -2.39. The van der Waals surface area contributed by atoms with Gasteiger partial charge in [0.1, 0.15) is 0 Å². The van der Waals surface area contributed by atoms with Crippen LogP contribution in [-0.4, -0.2) is 86.6 Å². The molecule has 1 N–H and O–H groups in total. The second kappa shape index (κ2) is 8.32. The van der Waals surface area contributed by atoms with E-state index in [1.54, 1.807) is 4.31 Å². The monoisotopic (exact) mass is 442 g/mol. The number of carboxylic acid groups (broad SMARTS) is 1. The fraction of sp³-hybridized carbons (Fsp3) is 0.944. The van der Waals surface area contributed by atoms with Gasteiger partial charge in [-0.05, 0) is 45.1 Å². The number of hydrogen-bond donors (Lipinski definition) is 1. The Bertz CT molecular complexity index is 709. The fourth-order valence-corrected chi connectivity index (χ4v) is 6.24. The van der Waals surface area contributed by atoms with Crippen LogP contribution in [0, 0.1) is 17.3 Å². The van der Waals surface area contributed by atoms with E-state index in [2.05, 4.69) is 11.9 Å². The number of hydrogen-bond acceptors (Lipinski definition) is 5. The van der Waals surface area contributed by atoms with Gasteiger partial charge >= 0.3 is 12.1 Å². The molecule has 4 rings (SSSR count). The molecular formula is C18H29F3N2O5S. The van der Waals surface area contributed by atoms with Gasteiger partial charge in [-0.1, -0.05) is 0 Å². The van der Waals surface area contributed by atoms with Crippen LogP contribution < -0.4 is 0 Å². The Hall–Kier alpha value is -0.910. The zero-order valence-electron chi connectivity index (χ0n) is 16.5. The maximum Gasteiger partial charge on any atom is 0.490 e. The van der Waals surface area contributed by atoms with Gasteiger partial charge in [0, 0.05) is 44.1 Å². The van der Waals surface area contributed by atoms with Crippen molar-refractivity contribution in [1.29, 1.82) is 0 Å². The zero-order valence-corrected chi connectivity index (χ0v) is 17.3. The predicted octanol–water partition coefficient (Wildman–Crippen LogP) is 1.79. The van der Waals surface area contributed by atoms with Crippen molar-refractivity contribution in [2.45, 2.75) is 43.5 Å². The lowest BCUT2D eigenvalue weighted by Gasteiger charge is -2.30. The summed E-state index contributed by atoms with van der Waals surface area (Å²) >= 11 is 0. The van der Waals surface area contributed by atoms with Gasteiger partial charge in [0.15, 0.2) is 0 Å². The Morgan fingerprint density at radius 1 is 1.17 bits per heavy atom. The van der Waals surface area contributed by atoms with E-state index in [0.29, 0.717) is 19.0 Å². The molecular weight excluding hydrogens is 413 g/mol. The van der Waals surface area contributed by atoms with Crippen molar-refractivity contribution in [2.75, 3.05) is 46.4 Å². The number of carboxylic acids is 1. The molecule has 4 fully saturated rings. The molecule has 11 heteroatoms. The highest BCUT2D eigenvalue weighted by Crippen LogP contribution is 2.46. The molecule has 2 saturated carbocycles. The van der Waals surface area contributed by atoms with Crippen molar-refractivity contribution in [3.8, 4) is 0 Å². The van der Waals surface area contributed by atoms with Crippen molar-refractivity contribution >= 4 is 16.0 Å². The van der Waals surface area contributed by atoms with Crippen LogP contribution in [0.2, 0.25) is 0 Å². The first-order valence-electron chi connectivity index (χ1n) is 9.99. The second-order valence-electron chi connectivity index (χ2n) is 8.87. The summed E-state index contributed by atoms with van der Waals surface area (Å²) in [4.78, 5) is 11.3. The molecule has 2 atom stereocenters. The number of nitrogens with zero attached hydrogens (tertiary/aromatic N) is 2. The van der Waals surface area contributed by atoms with Gasteiger partial charge < -0.3 is 14.7 Å². The van der Waals surface area contributed by atoms with Crippen LogP contribution in [0.25, 0.3) is 0 Å². The van der Waals surface area contributed by atoms with Crippen molar-refractivity contribution < 1.29 is 36.2 Å². The zero-order chi connectivity index (χ0) is 21.4. The van der Waals surface area contributed by atoms with Gasteiger partial charge in [-0.3, -0.25) is 0 Å². The van der Waals surface area contributed by atoms with Crippen LogP contribution in [0.4, 0.5) is 13.2 Å². The molecule has 168 valence electrons. The number of aliphatic carboxylic acids is 1. The number of carbonyl (C=O) groups is 1. The number of ether oxygens (including phenoxy) is 1. The first-order chi connectivity index (χ1) is 13.4. The third-order valence-corrected chi connectivity index (χ3v) is 8.60. The minimum atomic E-state index is -5.08. The summed E-state index contributed by atoms with van der Waals surface area (Å²) in [5.41, 5.74) is 0.125. The molecule has 7 nitrogen and oxygen atoms in total. The van der Waals surface area contributed by atoms with Gasteiger partial charge in [-0.2, -0.15) is 13.2 Å². The van der Waals surface area contributed by atoms with Gasteiger partial charge in [-0.25, -0.2) is 17.5 Å². The summed E-state index contributed by atoms with van der Waals surface area (Å²) < 4.78 is 64.5. The van der Waals surface area contributed by atoms with Gasteiger partial charge in [-0.15, -0.1) is 0 Å². The Labute approximate surface area is 169 Å². The average molecular weight is 443 g/mol. The third-order valence-electron chi connectivity index (χ3n) is 6.25. The molecule has 2 saturated heterocycles. The third kappa shape index (κ3) is 5.62. The molecule has 0 aromatic carbocycles. The van der Waals surface area contributed by atoms with E-state index in [-0.39, 0.29) is 10.7 Å². The first-order valence-corrected chi connectivity index (χ1v) is 11.5. The SMILES string of the molecule is CN1C[C@@H](COCC2CC2)[C@]2(CCN(S(=O)(=O)C3CC3)C2)C1.O=C(O)C(F)(F)F. The van der Waals surface area contributed by atoms with E-state index in [9.17, 15) is 21.6 Å². The molecule has 2 heterocycles. The molecule has 0 bridgehead atoms. The van der Waals surface area contributed by atoms with Crippen LogP contribution in [-0.2, 0) is 19.6 Å². The average Bonchev–Trinajstić information content (AvgIpc) is 3.52. The van der Waals surface area contributed by atoms with Gasteiger partial charge in [0.25, 0.3) is 0 Å². The topological polar surface area (TPSA) is 87.2 Å². The summed E-state index contributed by atoms with van der Waals surface area (Å²) in [6.07, 6.45) is 0.284. The van der Waals surface area contributed by atoms with Crippen molar-refractivity contribution in [1.82, 2.24) is 9.21 Å². The van der Waals surface area contributed by atoms with Crippen LogP contribution in [0.15, 0.2) is 0 Å². The number of alkyl halides is 3. The van der Waals surface area contributed by atoms with E-state index in [0.717, 1.165) is 51.5 Å². The molecule has 0 aromatic rings. The maximum absolute atomic E-state index is 12.5. The molecule has 1 spiro atoms. The lowest BCUT2D eigenvalue weighted by atomic mass is 9.78. The molecule has 2 aliphatic heterocycles. The van der Waals surface area contributed by atoms with Crippen LogP contribution in [0.1, 0.15) is 32.1 Å². The Morgan fingerprint density at radius 2 is 1.79 bits per heavy atom. The molecule has 29 heavy (non-hydrogen) atoms. The molecule has 4 aliphatic rings. The minimum absolute atomic E-state index is 0.0775. The smallest absolute Gasteiger partial charge is 0.475 e. The molecule has 0 unspecified atom stereocenters. The van der Waals surface area contributed by atoms with E-state index >= 15 is 0 Å². The first kappa shape index (κ1) is 22.8. The standard InChI is InChI=1S/C16H28N2O3S.C2HF3O2/c1-17-8-14(10-21-9-13-2-3-13)16(11-17)6-7-18(12-16)22(19,20)15-4-5-15;3-2(4,5)1(6)7/h13-15H,2-12H2,1H3;(H,6,7)/t14-,16+;/m0./s1. The Morgan fingerprint density at radius 3 is 2.31 bits per heavy atom. The largest absolute Gasteiger partial charge is 0.490 e. The Balaban J connectivity index is 0.000000298. The molecule has 0 aromatic heterocycles. The second-order valence-corrected chi connectivity index (χ2v) is 11.1. The summed E-state index contributed by atoms with van der Waals surface area (Å²) in [6.45, 7) is 5.20. The summed E-state index contributed by atoms with van der Waals surface area (Å²) in [7, 11) is -0.866. The van der Waals surface area contributed by atoms with E-state index < -0.39 is 22.2 Å². The fourth-order valence-electron chi connectivity index (χ4n) is 4.30.